The molecule has 1 aromatic carbocycles. The minimum Gasteiger partial charge on any atom is -0.338 e. The summed E-state index contributed by atoms with van der Waals surface area (Å²) in [6.45, 7) is 12.3. The molecule has 0 saturated carbocycles. The summed E-state index contributed by atoms with van der Waals surface area (Å²) in [5, 5.41) is 4.29. The standard InChI is InChI=1S/C16H25N3S/c1-4-7-18-8-10-19(11-9-18)16(20)17-15-12-13(2)5-6-14(15)3/h5-6,12H,4,7-11H2,1-3H3,(H,17,20)/p+1. The van der Waals surface area contributed by atoms with Gasteiger partial charge in [-0.3, -0.25) is 0 Å². The second-order valence-electron chi connectivity index (χ2n) is 5.74. The molecule has 2 N–H and O–H groups in total. The Kier molecular flexibility index (Phi) is 5.38. The Labute approximate surface area is 128 Å². The van der Waals surface area contributed by atoms with E-state index in [0.717, 1.165) is 23.9 Å². The quantitative estimate of drug-likeness (QED) is 0.826. The molecular formula is C16H26N3S+. The van der Waals surface area contributed by atoms with Crippen molar-refractivity contribution in [3.63, 3.8) is 0 Å². The molecule has 0 radical (unpaired) electrons. The number of anilines is 1. The monoisotopic (exact) mass is 292 g/mol. The first-order chi connectivity index (χ1) is 9.60. The number of quaternary nitrogens is 1. The van der Waals surface area contributed by atoms with Crippen molar-refractivity contribution in [2.75, 3.05) is 38.0 Å². The van der Waals surface area contributed by atoms with Crippen molar-refractivity contribution in [2.24, 2.45) is 0 Å². The average molecular weight is 292 g/mol. The van der Waals surface area contributed by atoms with Crippen molar-refractivity contribution in [3.05, 3.63) is 29.3 Å². The Morgan fingerprint density at radius 1 is 1.30 bits per heavy atom. The SMILES string of the molecule is CCC[NH+]1CCN(C(=S)Nc2cc(C)ccc2C)CC1. The first kappa shape index (κ1) is 15.3. The van der Waals surface area contributed by atoms with Gasteiger partial charge >= 0.3 is 0 Å². The van der Waals surface area contributed by atoms with E-state index in [2.05, 4.69) is 49.2 Å². The van der Waals surface area contributed by atoms with Gasteiger partial charge in [-0.2, -0.15) is 0 Å². The molecule has 1 fully saturated rings. The lowest BCUT2D eigenvalue weighted by atomic mass is 10.1. The summed E-state index contributed by atoms with van der Waals surface area (Å²) in [5.41, 5.74) is 3.64. The lowest BCUT2D eigenvalue weighted by Gasteiger charge is -2.34. The second kappa shape index (κ2) is 7.04. The number of thiocarbonyl (C=S) groups is 1. The summed E-state index contributed by atoms with van der Waals surface area (Å²) in [4.78, 5) is 4.01. The highest BCUT2D eigenvalue weighted by atomic mass is 32.1. The number of piperazine rings is 1. The fourth-order valence-electron chi connectivity index (χ4n) is 2.69. The maximum Gasteiger partial charge on any atom is 0.173 e. The molecule has 0 unspecified atom stereocenters. The van der Waals surface area contributed by atoms with Crippen molar-refractivity contribution in [1.29, 1.82) is 0 Å². The maximum absolute atomic E-state index is 5.57. The number of rotatable bonds is 3. The molecule has 2 rings (SSSR count). The van der Waals surface area contributed by atoms with Crippen LogP contribution in [0.15, 0.2) is 18.2 Å². The van der Waals surface area contributed by atoms with E-state index in [1.165, 1.54) is 37.2 Å². The first-order valence-electron chi connectivity index (χ1n) is 7.57. The van der Waals surface area contributed by atoms with Crippen LogP contribution in [0, 0.1) is 13.8 Å². The summed E-state index contributed by atoms with van der Waals surface area (Å²) in [6, 6.07) is 6.44. The Balaban J connectivity index is 1.91. The van der Waals surface area contributed by atoms with Crippen LogP contribution in [0.4, 0.5) is 5.69 Å². The number of nitrogens with one attached hydrogen (secondary N) is 2. The van der Waals surface area contributed by atoms with Crippen molar-refractivity contribution in [3.8, 4) is 0 Å². The molecule has 0 atom stereocenters. The molecule has 0 amide bonds. The van der Waals surface area contributed by atoms with Gasteiger partial charge in [0.15, 0.2) is 5.11 Å². The van der Waals surface area contributed by atoms with Gasteiger partial charge in [0.2, 0.25) is 0 Å². The predicted octanol–water partition coefficient (Wildman–Crippen LogP) is 1.61. The molecule has 20 heavy (non-hydrogen) atoms. The van der Waals surface area contributed by atoms with Crippen LogP contribution in [0.2, 0.25) is 0 Å². The van der Waals surface area contributed by atoms with Crippen molar-refractivity contribution in [2.45, 2.75) is 27.2 Å². The van der Waals surface area contributed by atoms with Crippen LogP contribution >= 0.6 is 12.2 Å². The Morgan fingerprint density at radius 3 is 2.65 bits per heavy atom. The predicted molar refractivity (Wildman–Crippen MR) is 89.6 cm³/mol. The molecule has 0 spiro atoms. The summed E-state index contributed by atoms with van der Waals surface area (Å²) < 4.78 is 0. The maximum atomic E-state index is 5.57. The number of nitrogens with zero attached hydrogens (tertiary/aromatic N) is 1. The zero-order chi connectivity index (χ0) is 14.5. The van der Waals surface area contributed by atoms with E-state index < -0.39 is 0 Å². The van der Waals surface area contributed by atoms with Gasteiger partial charge in [0, 0.05) is 5.69 Å². The normalized spacial score (nSPS) is 16.2. The van der Waals surface area contributed by atoms with E-state index in [4.69, 9.17) is 12.2 Å². The van der Waals surface area contributed by atoms with Crippen LogP contribution in [0.5, 0.6) is 0 Å². The summed E-state index contributed by atoms with van der Waals surface area (Å²) in [6.07, 6.45) is 1.26. The topological polar surface area (TPSA) is 19.7 Å². The number of benzene rings is 1. The highest BCUT2D eigenvalue weighted by Crippen LogP contribution is 2.17. The van der Waals surface area contributed by atoms with Crippen LogP contribution in [0.1, 0.15) is 24.5 Å². The van der Waals surface area contributed by atoms with Crippen LogP contribution in [0.25, 0.3) is 0 Å². The average Bonchev–Trinajstić information content (AvgIpc) is 2.44. The minimum atomic E-state index is 0.870. The van der Waals surface area contributed by atoms with E-state index in [1.54, 1.807) is 4.90 Å². The van der Waals surface area contributed by atoms with E-state index in [1.807, 2.05) is 0 Å². The molecule has 1 aliphatic heterocycles. The van der Waals surface area contributed by atoms with Gasteiger partial charge in [-0.25, -0.2) is 0 Å². The second-order valence-corrected chi connectivity index (χ2v) is 6.12. The number of aryl methyl sites for hydroxylation is 2. The van der Waals surface area contributed by atoms with Gasteiger partial charge in [-0.05, 0) is 49.7 Å². The lowest BCUT2D eigenvalue weighted by molar-refractivity contribution is -0.903. The Morgan fingerprint density at radius 2 is 2.00 bits per heavy atom. The zero-order valence-electron chi connectivity index (χ0n) is 12.8. The molecule has 0 aromatic heterocycles. The largest absolute Gasteiger partial charge is 0.338 e. The van der Waals surface area contributed by atoms with Gasteiger partial charge in [0.25, 0.3) is 0 Å². The molecule has 110 valence electrons. The third kappa shape index (κ3) is 3.93. The smallest absolute Gasteiger partial charge is 0.173 e. The number of hydrogen-bond donors (Lipinski definition) is 2. The molecule has 0 aliphatic carbocycles. The molecule has 4 heteroatoms. The lowest BCUT2D eigenvalue weighted by Crippen LogP contribution is -3.14. The Bertz CT molecular complexity index is 465. The Hall–Kier alpha value is -1.13. The summed E-state index contributed by atoms with van der Waals surface area (Å²) in [5.74, 6) is 0. The minimum absolute atomic E-state index is 0.870. The van der Waals surface area contributed by atoms with Crippen molar-refractivity contribution < 1.29 is 4.90 Å². The zero-order valence-corrected chi connectivity index (χ0v) is 13.6. The van der Waals surface area contributed by atoms with E-state index in [0.29, 0.717) is 0 Å². The van der Waals surface area contributed by atoms with Gasteiger partial charge in [0.05, 0.1) is 32.7 Å². The van der Waals surface area contributed by atoms with Crippen LogP contribution in [-0.2, 0) is 0 Å². The van der Waals surface area contributed by atoms with Crippen LogP contribution in [-0.4, -0.2) is 42.7 Å². The highest BCUT2D eigenvalue weighted by Gasteiger charge is 2.21. The van der Waals surface area contributed by atoms with Gasteiger partial charge < -0.3 is 15.1 Å². The third-order valence-electron chi connectivity index (χ3n) is 4.00. The molecule has 3 nitrogen and oxygen atoms in total. The van der Waals surface area contributed by atoms with Crippen LogP contribution in [0.3, 0.4) is 0 Å². The number of hydrogen-bond acceptors (Lipinski definition) is 1. The van der Waals surface area contributed by atoms with Gasteiger partial charge in [0.1, 0.15) is 0 Å². The van der Waals surface area contributed by atoms with Crippen LogP contribution < -0.4 is 10.2 Å². The highest BCUT2D eigenvalue weighted by molar-refractivity contribution is 7.80. The molecule has 1 heterocycles. The van der Waals surface area contributed by atoms with Crippen molar-refractivity contribution >= 4 is 23.0 Å². The van der Waals surface area contributed by atoms with E-state index >= 15 is 0 Å². The molecule has 1 aromatic rings. The van der Waals surface area contributed by atoms with Gasteiger partial charge in [-0.1, -0.05) is 19.1 Å². The fourth-order valence-corrected chi connectivity index (χ4v) is 2.99. The fraction of sp³-hybridized carbons (Fsp3) is 0.562. The molecular weight excluding hydrogens is 266 g/mol. The van der Waals surface area contributed by atoms with Gasteiger partial charge in [-0.15, -0.1) is 0 Å². The summed E-state index contributed by atoms with van der Waals surface area (Å²) >= 11 is 5.57. The third-order valence-corrected chi connectivity index (χ3v) is 4.36. The molecule has 1 saturated heterocycles. The van der Waals surface area contributed by atoms with E-state index in [9.17, 15) is 0 Å². The first-order valence-corrected chi connectivity index (χ1v) is 7.97. The van der Waals surface area contributed by atoms with Crippen molar-refractivity contribution in [1.82, 2.24) is 4.90 Å². The summed E-state index contributed by atoms with van der Waals surface area (Å²) in [7, 11) is 0. The molecule has 0 bridgehead atoms. The van der Waals surface area contributed by atoms with E-state index in [-0.39, 0.29) is 0 Å². The molecule has 1 aliphatic rings.